The number of nitrogens with two attached hydrogens (primary N) is 1. The first-order valence-corrected chi connectivity index (χ1v) is 7.94. The van der Waals surface area contributed by atoms with Gasteiger partial charge in [-0.2, -0.15) is 0 Å². The van der Waals surface area contributed by atoms with E-state index in [2.05, 4.69) is 16.4 Å². The number of hydrogen-bond donors (Lipinski definition) is 2. The number of ether oxygens (including phenoxy) is 1. The van der Waals surface area contributed by atoms with Gasteiger partial charge in [-0.05, 0) is 18.2 Å². The van der Waals surface area contributed by atoms with E-state index in [-0.39, 0.29) is 6.04 Å². The van der Waals surface area contributed by atoms with E-state index in [0.717, 1.165) is 26.9 Å². The number of thiophene rings is 1. The van der Waals surface area contributed by atoms with E-state index < -0.39 is 0 Å². The van der Waals surface area contributed by atoms with E-state index in [1.165, 1.54) is 11.3 Å². The lowest BCUT2D eigenvalue weighted by atomic mass is 10.0. The molecule has 0 bridgehead atoms. The van der Waals surface area contributed by atoms with Gasteiger partial charge in [-0.1, -0.05) is 29.8 Å². The molecule has 1 aliphatic heterocycles. The Morgan fingerprint density at radius 1 is 1.38 bits per heavy atom. The number of aliphatic imine (C=N–C) groups is 1. The molecule has 1 aromatic heterocycles. The predicted octanol–water partition coefficient (Wildman–Crippen LogP) is 3.33. The summed E-state index contributed by atoms with van der Waals surface area (Å²) in [4.78, 5) is 5.46. The fraction of sp³-hybridized carbons (Fsp3) is 0.267. The Hall–Kier alpha value is -1.72. The molecule has 6 heteroatoms. The third-order valence-corrected chi connectivity index (χ3v) is 4.53. The molecule has 0 saturated heterocycles. The highest BCUT2D eigenvalue weighted by molar-refractivity contribution is 7.16. The summed E-state index contributed by atoms with van der Waals surface area (Å²) in [6.45, 7) is 1.23. The Morgan fingerprint density at radius 3 is 3.05 bits per heavy atom. The van der Waals surface area contributed by atoms with E-state index >= 15 is 0 Å². The van der Waals surface area contributed by atoms with Gasteiger partial charge in [0.2, 0.25) is 0 Å². The molecule has 1 unspecified atom stereocenters. The molecular weight excluding hydrogens is 306 g/mol. The van der Waals surface area contributed by atoms with Crippen molar-refractivity contribution in [1.82, 2.24) is 5.32 Å². The number of rotatable bonds is 3. The molecule has 0 spiro atoms. The maximum atomic E-state index is 5.99. The van der Waals surface area contributed by atoms with Crippen molar-refractivity contribution in [2.45, 2.75) is 19.0 Å². The van der Waals surface area contributed by atoms with Crippen LogP contribution >= 0.6 is 22.9 Å². The van der Waals surface area contributed by atoms with Gasteiger partial charge in [0.1, 0.15) is 5.75 Å². The Labute approximate surface area is 132 Å². The molecule has 2 aromatic rings. The van der Waals surface area contributed by atoms with E-state index in [1.54, 1.807) is 0 Å². The molecule has 110 valence electrons. The topological polar surface area (TPSA) is 59.6 Å². The van der Waals surface area contributed by atoms with Gasteiger partial charge in [-0.25, -0.2) is 4.99 Å². The SMILES string of the molecule is NC(=NCc1ccc(Cl)s1)NC1CCOc2ccccc21. The van der Waals surface area contributed by atoms with Gasteiger partial charge in [-0.3, -0.25) is 0 Å². The second-order valence-electron chi connectivity index (χ2n) is 4.78. The summed E-state index contributed by atoms with van der Waals surface area (Å²) >= 11 is 7.42. The van der Waals surface area contributed by atoms with Crippen LogP contribution in [0.5, 0.6) is 5.75 Å². The number of halogens is 1. The van der Waals surface area contributed by atoms with Crippen molar-refractivity contribution >= 4 is 28.9 Å². The highest BCUT2D eigenvalue weighted by Crippen LogP contribution is 2.31. The Morgan fingerprint density at radius 2 is 2.24 bits per heavy atom. The van der Waals surface area contributed by atoms with Gasteiger partial charge in [0, 0.05) is 16.9 Å². The smallest absolute Gasteiger partial charge is 0.189 e. The minimum absolute atomic E-state index is 0.144. The predicted molar refractivity (Wildman–Crippen MR) is 87.1 cm³/mol. The molecule has 0 amide bonds. The van der Waals surface area contributed by atoms with Crippen LogP contribution in [0.2, 0.25) is 4.34 Å². The second-order valence-corrected chi connectivity index (χ2v) is 6.58. The van der Waals surface area contributed by atoms with Crippen LogP contribution in [-0.2, 0) is 6.54 Å². The molecule has 4 nitrogen and oxygen atoms in total. The van der Waals surface area contributed by atoms with E-state index in [1.807, 2.05) is 30.3 Å². The third kappa shape index (κ3) is 3.49. The van der Waals surface area contributed by atoms with Crippen molar-refractivity contribution < 1.29 is 4.74 Å². The van der Waals surface area contributed by atoms with E-state index in [0.29, 0.717) is 19.1 Å². The van der Waals surface area contributed by atoms with Crippen LogP contribution in [-0.4, -0.2) is 12.6 Å². The van der Waals surface area contributed by atoms with Gasteiger partial charge in [0.25, 0.3) is 0 Å². The average Bonchev–Trinajstić information content (AvgIpc) is 2.91. The zero-order valence-electron chi connectivity index (χ0n) is 11.4. The molecule has 21 heavy (non-hydrogen) atoms. The first kappa shape index (κ1) is 14.2. The summed E-state index contributed by atoms with van der Waals surface area (Å²) < 4.78 is 6.40. The summed E-state index contributed by atoms with van der Waals surface area (Å²) in [5, 5.41) is 3.27. The maximum absolute atomic E-state index is 5.99. The fourth-order valence-electron chi connectivity index (χ4n) is 2.32. The number of guanidine groups is 1. The van der Waals surface area contributed by atoms with Crippen LogP contribution in [0.3, 0.4) is 0 Å². The van der Waals surface area contributed by atoms with Crippen molar-refractivity contribution in [3.63, 3.8) is 0 Å². The molecule has 0 aliphatic carbocycles. The lowest BCUT2D eigenvalue weighted by Crippen LogP contribution is -2.37. The fourth-order valence-corrected chi connectivity index (χ4v) is 3.33. The van der Waals surface area contributed by atoms with E-state index in [4.69, 9.17) is 22.1 Å². The number of benzene rings is 1. The molecule has 2 heterocycles. The molecule has 1 aliphatic rings. The molecule has 3 rings (SSSR count). The summed E-state index contributed by atoms with van der Waals surface area (Å²) in [5.74, 6) is 1.36. The number of hydrogen-bond acceptors (Lipinski definition) is 3. The van der Waals surface area contributed by atoms with Crippen molar-refractivity contribution in [2.24, 2.45) is 10.7 Å². The van der Waals surface area contributed by atoms with Crippen molar-refractivity contribution in [2.75, 3.05) is 6.61 Å². The number of para-hydroxylation sites is 1. The summed E-state index contributed by atoms with van der Waals surface area (Å²) in [7, 11) is 0. The second kappa shape index (κ2) is 6.37. The molecule has 0 saturated carbocycles. The Balaban J connectivity index is 1.66. The van der Waals surface area contributed by atoms with Gasteiger partial charge < -0.3 is 15.8 Å². The summed E-state index contributed by atoms with van der Waals surface area (Å²) in [5.41, 5.74) is 7.11. The van der Waals surface area contributed by atoms with Crippen LogP contribution in [0.25, 0.3) is 0 Å². The zero-order chi connectivity index (χ0) is 14.7. The average molecular weight is 322 g/mol. The number of nitrogens with one attached hydrogen (secondary N) is 1. The van der Waals surface area contributed by atoms with Crippen LogP contribution in [0.15, 0.2) is 41.4 Å². The maximum Gasteiger partial charge on any atom is 0.189 e. The molecular formula is C15H16ClN3OS. The van der Waals surface area contributed by atoms with Crippen LogP contribution in [0, 0.1) is 0 Å². The van der Waals surface area contributed by atoms with Crippen LogP contribution in [0.1, 0.15) is 22.9 Å². The van der Waals surface area contributed by atoms with Gasteiger partial charge in [0.15, 0.2) is 5.96 Å². The normalized spacial score (nSPS) is 18.0. The van der Waals surface area contributed by atoms with Gasteiger partial charge in [-0.15, -0.1) is 11.3 Å². The minimum Gasteiger partial charge on any atom is -0.493 e. The van der Waals surface area contributed by atoms with Crippen molar-refractivity contribution in [3.05, 3.63) is 51.2 Å². The summed E-state index contributed by atoms with van der Waals surface area (Å²) in [6, 6.07) is 12.0. The van der Waals surface area contributed by atoms with Crippen LogP contribution < -0.4 is 15.8 Å². The summed E-state index contributed by atoms with van der Waals surface area (Å²) in [6.07, 6.45) is 0.873. The standard InChI is InChI=1S/C15H16ClN3OS/c16-14-6-5-10(21-14)9-18-15(17)19-12-7-8-20-13-4-2-1-3-11(12)13/h1-6,12H,7-9H2,(H3,17,18,19). The Bertz CT molecular complexity index is 656. The molecule has 1 aromatic carbocycles. The van der Waals surface area contributed by atoms with Crippen molar-refractivity contribution in [1.29, 1.82) is 0 Å². The lowest BCUT2D eigenvalue weighted by molar-refractivity contribution is 0.262. The number of nitrogens with zero attached hydrogens (tertiary/aromatic N) is 1. The molecule has 0 radical (unpaired) electrons. The van der Waals surface area contributed by atoms with E-state index in [9.17, 15) is 0 Å². The zero-order valence-corrected chi connectivity index (χ0v) is 13.0. The largest absolute Gasteiger partial charge is 0.493 e. The third-order valence-electron chi connectivity index (χ3n) is 3.31. The Kier molecular flexibility index (Phi) is 4.31. The molecule has 3 N–H and O–H groups in total. The first-order chi connectivity index (χ1) is 10.2. The minimum atomic E-state index is 0.144. The molecule has 1 atom stereocenters. The highest BCUT2D eigenvalue weighted by Gasteiger charge is 2.21. The quantitative estimate of drug-likeness (QED) is 0.673. The number of fused-ring (bicyclic) bond motifs is 1. The first-order valence-electron chi connectivity index (χ1n) is 6.75. The highest BCUT2D eigenvalue weighted by atomic mass is 35.5. The van der Waals surface area contributed by atoms with Gasteiger partial charge in [0.05, 0.1) is 23.5 Å². The lowest BCUT2D eigenvalue weighted by Gasteiger charge is -2.26. The van der Waals surface area contributed by atoms with Crippen molar-refractivity contribution in [3.8, 4) is 5.75 Å². The monoisotopic (exact) mass is 321 g/mol. The van der Waals surface area contributed by atoms with Gasteiger partial charge >= 0.3 is 0 Å². The molecule has 0 fully saturated rings. The van der Waals surface area contributed by atoms with Crippen LogP contribution in [0.4, 0.5) is 0 Å².